The SMILES string of the molecule is CCN1CCn2c(nnc2OC)C1. The van der Waals surface area contributed by atoms with Gasteiger partial charge in [0.15, 0.2) is 0 Å². The van der Waals surface area contributed by atoms with Crippen LogP contribution < -0.4 is 4.74 Å². The van der Waals surface area contributed by atoms with E-state index in [9.17, 15) is 0 Å². The van der Waals surface area contributed by atoms with Gasteiger partial charge in [0.2, 0.25) is 0 Å². The fourth-order valence-electron chi connectivity index (χ4n) is 1.60. The molecule has 0 saturated heterocycles. The summed E-state index contributed by atoms with van der Waals surface area (Å²) in [4.78, 5) is 2.34. The molecule has 1 aromatic rings. The van der Waals surface area contributed by atoms with Crippen LogP contribution in [0.15, 0.2) is 0 Å². The largest absolute Gasteiger partial charge is 0.467 e. The average Bonchev–Trinajstić information content (AvgIpc) is 2.59. The van der Waals surface area contributed by atoms with Crippen molar-refractivity contribution in [3.05, 3.63) is 5.82 Å². The Bertz CT molecular complexity index is 296. The Hall–Kier alpha value is -1.10. The Morgan fingerprint density at radius 1 is 1.38 bits per heavy atom. The van der Waals surface area contributed by atoms with Crippen LogP contribution >= 0.6 is 0 Å². The molecule has 0 atom stereocenters. The van der Waals surface area contributed by atoms with E-state index >= 15 is 0 Å². The number of likely N-dealkylation sites (N-methyl/N-ethyl adjacent to an activating group) is 1. The number of nitrogens with zero attached hydrogens (tertiary/aromatic N) is 4. The number of methoxy groups -OCH3 is 1. The van der Waals surface area contributed by atoms with Gasteiger partial charge >= 0.3 is 6.01 Å². The van der Waals surface area contributed by atoms with E-state index < -0.39 is 0 Å². The van der Waals surface area contributed by atoms with Crippen LogP contribution in [0.3, 0.4) is 0 Å². The molecule has 2 rings (SSSR count). The topological polar surface area (TPSA) is 43.2 Å². The van der Waals surface area contributed by atoms with Gasteiger partial charge in [-0.1, -0.05) is 12.0 Å². The third-order valence-corrected chi connectivity index (χ3v) is 2.43. The van der Waals surface area contributed by atoms with Crippen molar-refractivity contribution in [3.63, 3.8) is 0 Å². The van der Waals surface area contributed by atoms with Crippen molar-refractivity contribution in [1.82, 2.24) is 19.7 Å². The molecule has 5 nitrogen and oxygen atoms in total. The molecule has 0 unspecified atom stereocenters. The van der Waals surface area contributed by atoms with Crippen molar-refractivity contribution in [2.45, 2.75) is 20.0 Å². The van der Waals surface area contributed by atoms with Crippen LogP contribution in [0.2, 0.25) is 0 Å². The highest BCUT2D eigenvalue weighted by atomic mass is 16.5. The van der Waals surface area contributed by atoms with E-state index in [4.69, 9.17) is 4.74 Å². The minimum atomic E-state index is 0.630. The van der Waals surface area contributed by atoms with Gasteiger partial charge in [0.1, 0.15) is 5.82 Å². The Kier molecular flexibility index (Phi) is 2.18. The zero-order valence-corrected chi connectivity index (χ0v) is 8.03. The third kappa shape index (κ3) is 1.39. The van der Waals surface area contributed by atoms with Gasteiger partial charge in [-0.2, -0.15) is 0 Å². The normalized spacial score (nSPS) is 17.1. The second kappa shape index (κ2) is 3.33. The van der Waals surface area contributed by atoms with Crippen LogP contribution in [-0.4, -0.2) is 39.9 Å². The molecule has 0 aromatic carbocycles. The highest BCUT2D eigenvalue weighted by Gasteiger charge is 2.19. The van der Waals surface area contributed by atoms with E-state index in [1.807, 2.05) is 4.57 Å². The molecule has 0 N–H and O–H groups in total. The maximum atomic E-state index is 5.09. The summed E-state index contributed by atoms with van der Waals surface area (Å²) in [5.41, 5.74) is 0. The first-order chi connectivity index (χ1) is 6.35. The van der Waals surface area contributed by atoms with E-state index in [-0.39, 0.29) is 0 Å². The minimum absolute atomic E-state index is 0.630. The van der Waals surface area contributed by atoms with E-state index in [0.29, 0.717) is 6.01 Å². The van der Waals surface area contributed by atoms with Crippen LogP contribution in [0.1, 0.15) is 12.7 Å². The van der Waals surface area contributed by atoms with Crippen molar-refractivity contribution in [2.24, 2.45) is 0 Å². The van der Waals surface area contributed by atoms with Gasteiger partial charge in [-0.25, -0.2) is 0 Å². The monoisotopic (exact) mass is 182 g/mol. The quantitative estimate of drug-likeness (QED) is 0.651. The van der Waals surface area contributed by atoms with E-state index in [1.165, 1.54) is 0 Å². The first-order valence-electron chi connectivity index (χ1n) is 4.53. The van der Waals surface area contributed by atoms with E-state index in [0.717, 1.165) is 32.0 Å². The molecule has 2 heterocycles. The lowest BCUT2D eigenvalue weighted by Gasteiger charge is -2.25. The molecule has 72 valence electrons. The van der Waals surface area contributed by atoms with Gasteiger partial charge in [-0.05, 0) is 6.54 Å². The zero-order valence-electron chi connectivity index (χ0n) is 8.03. The fraction of sp³-hybridized carbons (Fsp3) is 0.750. The van der Waals surface area contributed by atoms with Crippen molar-refractivity contribution < 1.29 is 4.74 Å². The summed E-state index contributed by atoms with van der Waals surface area (Å²) in [5.74, 6) is 1.00. The molecule has 1 aliphatic heterocycles. The van der Waals surface area contributed by atoms with Crippen LogP contribution in [0, 0.1) is 0 Å². The molecule has 0 radical (unpaired) electrons. The number of hydrogen-bond donors (Lipinski definition) is 0. The summed E-state index contributed by atoms with van der Waals surface area (Å²) in [6.07, 6.45) is 0. The predicted octanol–water partition coefficient (Wildman–Crippen LogP) is 0.122. The summed E-state index contributed by atoms with van der Waals surface area (Å²) in [6.45, 7) is 6.09. The Morgan fingerprint density at radius 3 is 2.92 bits per heavy atom. The summed E-state index contributed by atoms with van der Waals surface area (Å²) in [7, 11) is 1.63. The molecule has 1 aliphatic rings. The zero-order chi connectivity index (χ0) is 9.26. The first kappa shape index (κ1) is 8.50. The van der Waals surface area contributed by atoms with Crippen molar-refractivity contribution in [2.75, 3.05) is 20.2 Å². The molecule has 0 amide bonds. The fourth-order valence-corrected chi connectivity index (χ4v) is 1.60. The lowest BCUT2D eigenvalue weighted by Crippen LogP contribution is -2.33. The van der Waals surface area contributed by atoms with E-state index in [1.54, 1.807) is 7.11 Å². The van der Waals surface area contributed by atoms with Crippen LogP contribution in [-0.2, 0) is 13.1 Å². The van der Waals surface area contributed by atoms with Gasteiger partial charge in [-0.3, -0.25) is 9.47 Å². The van der Waals surface area contributed by atoms with Gasteiger partial charge in [0.25, 0.3) is 0 Å². The second-order valence-electron chi connectivity index (χ2n) is 3.12. The Balaban J connectivity index is 2.22. The Labute approximate surface area is 77.3 Å². The van der Waals surface area contributed by atoms with Gasteiger partial charge in [-0.15, -0.1) is 5.10 Å². The number of fused-ring (bicyclic) bond motifs is 1. The molecule has 0 aliphatic carbocycles. The summed E-state index contributed by atoms with van der Waals surface area (Å²) in [6, 6.07) is 0.630. The van der Waals surface area contributed by atoms with Gasteiger partial charge in [0, 0.05) is 13.1 Å². The van der Waals surface area contributed by atoms with Crippen LogP contribution in [0.25, 0.3) is 0 Å². The second-order valence-corrected chi connectivity index (χ2v) is 3.12. The Morgan fingerprint density at radius 2 is 2.23 bits per heavy atom. The first-order valence-corrected chi connectivity index (χ1v) is 4.53. The summed E-state index contributed by atoms with van der Waals surface area (Å²) in [5, 5.41) is 8.02. The molecule has 0 bridgehead atoms. The van der Waals surface area contributed by atoms with Gasteiger partial charge in [0.05, 0.1) is 13.7 Å². The average molecular weight is 182 g/mol. The molecule has 13 heavy (non-hydrogen) atoms. The van der Waals surface area contributed by atoms with Crippen molar-refractivity contribution in [3.8, 4) is 6.01 Å². The smallest absolute Gasteiger partial charge is 0.316 e. The lowest BCUT2D eigenvalue weighted by atomic mass is 10.3. The number of ether oxygens (including phenoxy) is 1. The predicted molar refractivity (Wildman–Crippen MR) is 47.5 cm³/mol. The third-order valence-electron chi connectivity index (χ3n) is 2.43. The molecule has 0 spiro atoms. The standard InChI is InChI=1S/C8H14N4O/c1-3-11-4-5-12-7(6-11)9-10-8(12)13-2/h3-6H2,1-2H3. The molecule has 5 heteroatoms. The molecular weight excluding hydrogens is 168 g/mol. The number of aromatic nitrogens is 3. The van der Waals surface area contributed by atoms with Crippen LogP contribution in [0.4, 0.5) is 0 Å². The van der Waals surface area contributed by atoms with Crippen molar-refractivity contribution >= 4 is 0 Å². The number of rotatable bonds is 2. The highest BCUT2D eigenvalue weighted by molar-refractivity contribution is 5.03. The molecule has 0 saturated carbocycles. The lowest BCUT2D eigenvalue weighted by molar-refractivity contribution is 0.218. The van der Waals surface area contributed by atoms with E-state index in [2.05, 4.69) is 22.0 Å². The van der Waals surface area contributed by atoms with Crippen LogP contribution in [0.5, 0.6) is 6.01 Å². The molecule has 1 aromatic heterocycles. The minimum Gasteiger partial charge on any atom is -0.467 e. The maximum absolute atomic E-state index is 5.09. The highest BCUT2D eigenvalue weighted by Crippen LogP contribution is 2.15. The summed E-state index contributed by atoms with van der Waals surface area (Å²) >= 11 is 0. The molecule has 0 fully saturated rings. The van der Waals surface area contributed by atoms with Crippen molar-refractivity contribution in [1.29, 1.82) is 0 Å². The maximum Gasteiger partial charge on any atom is 0.316 e. The number of hydrogen-bond acceptors (Lipinski definition) is 4. The van der Waals surface area contributed by atoms with Gasteiger partial charge < -0.3 is 4.74 Å². The summed E-state index contributed by atoms with van der Waals surface area (Å²) < 4.78 is 7.13. The molecular formula is C8H14N4O.